The molecular weight excluding hydrogens is 389 g/mol. The van der Waals surface area contributed by atoms with E-state index in [2.05, 4.69) is 22.3 Å². The third kappa shape index (κ3) is 6.59. The number of ether oxygens (including phenoxy) is 2. The topological polar surface area (TPSA) is 76.8 Å². The smallest absolute Gasteiger partial charge is 0.232 e. The van der Waals surface area contributed by atoms with E-state index < -0.39 is 5.41 Å². The number of nitrogens with zero attached hydrogens (tertiary/aromatic N) is 1. The number of carbonyl (C=O) groups excluding carboxylic acids is 1. The van der Waals surface area contributed by atoms with Gasteiger partial charge in [-0.3, -0.25) is 9.69 Å². The summed E-state index contributed by atoms with van der Waals surface area (Å²) in [5, 5.41) is 3.03. The molecule has 0 saturated carbocycles. The quantitative estimate of drug-likeness (QED) is 0.737. The molecular formula is C19H31Cl2N3O3. The standard InChI is InChI=1S/C19H29N3O3.2ClH/c20-15-19(6-11-24-12-7-19)18(23)21-17-3-1-16(2-4-17)5-8-22-9-13-25-14-10-22;;/h1-4H,5-15,20H2,(H,21,23);2*1H. The highest BCUT2D eigenvalue weighted by molar-refractivity contribution is 5.95. The number of nitrogens with two attached hydrogens (primary N) is 1. The first-order chi connectivity index (χ1) is 12.2. The summed E-state index contributed by atoms with van der Waals surface area (Å²) in [7, 11) is 0. The molecule has 8 heteroatoms. The SMILES string of the molecule is Cl.Cl.NCC1(C(=O)Nc2ccc(CCN3CCOCC3)cc2)CCOCC1. The van der Waals surface area contributed by atoms with E-state index in [-0.39, 0.29) is 30.7 Å². The number of hydrogen-bond acceptors (Lipinski definition) is 5. The number of anilines is 1. The predicted octanol–water partition coefficient (Wildman–Crippen LogP) is 2.10. The van der Waals surface area contributed by atoms with Crippen LogP contribution in [-0.2, 0) is 20.7 Å². The van der Waals surface area contributed by atoms with Crippen LogP contribution in [0.15, 0.2) is 24.3 Å². The number of halogens is 2. The molecule has 0 radical (unpaired) electrons. The van der Waals surface area contributed by atoms with Crippen molar-refractivity contribution in [1.82, 2.24) is 4.90 Å². The van der Waals surface area contributed by atoms with Crippen molar-refractivity contribution in [2.45, 2.75) is 19.3 Å². The van der Waals surface area contributed by atoms with Crippen LogP contribution < -0.4 is 11.1 Å². The first kappa shape index (κ1) is 24.1. The number of benzene rings is 1. The predicted molar refractivity (Wildman–Crippen MR) is 112 cm³/mol. The highest BCUT2D eigenvalue weighted by atomic mass is 35.5. The molecule has 3 rings (SSSR count). The molecule has 0 bridgehead atoms. The van der Waals surface area contributed by atoms with Gasteiger partial charge in [-0.25, -0.2) is 0 Å². The summed E-state index contributed by atoms with van der Waals surface area (Å²) >= 11 is 0. The molecule has 27 heavy (non-hydrogen) atoms. The van der Waals surface area contributed by atoms with Crippen molar-refractivity contribution >= 4 is 36.4 Å². The molecule has 0 spiro atoms. The molecule has 2 fully saturated rings. The number of hydrogen-bond donors (Lipinski definition) is 2. The zero-order valence-electron chi connectivity index (χ0n) is 15.7. The Hall–Kier alpha value is -0.890. The molecule has 1 aromatic rings. The molecule has 0 atom stereocenters. The highest BCUT2D eigenvalue weighted by Crippen LogP contribution is 2.30. The summed E-state index contributed by atoms with van der Waals surface area (Å²) in [6.07, 6.45) is 2.39. The minimum Gasteiger partial charge on any atom is -0.381 e. The fourth-order valence-corrected chi connectivity index (χ4v) is 3.42. The van der Waals surface area contributed by atoms with E-state index in [0.717, 1.165) is 45.0 Å². The number of rotatable bonds is 6. The van der Waals surface area contributed by atoms with Crippen molar-refractivity contribution in [2.24, 2.45) is 11.1 Å². The van der Waals surface area contributed by atoms with E-state index in [4.69, 9.17) is 15.2 Å². The summed E-state index contributed by atoms with van der Waals surface area (Å²) in [5.74, 6) is 0.0133. The molecule has 1 amide bonds. The summed E-state index contributed by atoms with van der Waals surface area (Å²) in [6.45, 7) is 6.30. The van der Waals surface area contributed by atoms with Crippen LogP contribution in [0.25, 0.3) is 0 Å². The van der Waals surface area contributed by atoms with Gasteiger partial charge in [0.2, 0.25) is 5.91 Å². The Balaban J connectivity index is 0.00000182. The maximum absolute atomic E-state index is 12.7. The van der Waals surface area contributed by atoms with Gasteiger partial charge in [0.05, 0.1) is 18.6 Å². The van der Waals surface area contributed by atoms with Crippen LogP contribution in [0.1, 0.15) is 18.4 Å². The van der Waals surface area contributed by atoms with Gasteiger partial charge in [-0.05, 0) is 37.0 Å². The van der Waals surface area contributed by atoms with Crippen molar-refractivity contribution in [1.29, 1.82) is 0 Å². The Bertz CT molecular complexity index is 560. The second-order valence-electron chi connectivity index (χ2n) is 6.95. The number of morpholine rings is 1. The number of carbonyl (C=O) groups is 1. The van der Waals surface area contributed by atoms with Gasteiger partial charge < -0.3 is 20.5 Å². The van der Waals surface area contributed by atoms with Crippen molar-refractivity contribution in [3.8, 4) is 0 Å². The monoisotopic (exact) mass is 419 g/mol. The molecule has 154 valence electrons. The van der Waals surface area contributed by atoms with Gasteiger partial charge in [0.15, 0.2) is 0 Å². The second-order valence-corrected chi connectivity index (χ2v) is 6.95. The molecule has 2 heterocycles. The zero-order chi connectivity index (χ0) is 17.5. The van der Waals surface area contributed by atoms with Gasteiger partial charge in [-0.2, -0.15) is 0 Å². The molecule has 3 N–H and O–H groups in total. The van der Waals surface area contributed by atoms with Crippen LogP contribution in [0.4, 0.5) is 5.69 Å². The maximum Gasteiger partial charge on any atom is 0.232 e. The Morgan fingerprint density at radius 3 is 2.22 bits per heavy atom. The van der Waals surface area contributed by atoms with Crippen LogP contribution in [0, 0.1) is 5.41 Å². The Morgan fingerprint density at radius 2 is 1.63 bits per heavy atom. The number of nitrogens with one attached hydrogen (secondary N) is 1. The van der Waals surface area contributed by atoms with Gasteiger partial charge in [-0.15, -0.1) is 24.8 Å². The van der Waals surface area contributed by atoms with Crippen molar-refractivity contribution < 1.29 is 14.3 Å². The van der Waals surface area contributed by atoms with Gasteiger partial charge in [-0.1, -0.05) is 12.1 Å². The molecule has 0 unspecified atom stereocenters. The van der Waals surface area contributed by atoms with E-state index in [1.807, 2.05) is 12.1 Å². The summed E-state index contributed by atoms with van der Waals surface area (Å²) in [6, 6.07) is 8.15. The minimum atomic E-state index is -0.493. The summed E-state index contributed by atoms with van der Waals surface area (Å²) in [5.41, 5.74) is 7.52. The Kier molecular flexibility index (Phi) is 10.6. The van der Waals surface area contributed by atoms with Crippen LogP contribution in [0.2, 0.25) is 0 Å². The van der Waals surface area contributed by atoms with Crippen molar-refractivity contribution in [2.75, 3.05) is 57.9 Å². The molecule has 2 saturated heterocycles. The summed E-state index contributed by atoms with van der Waals surface area (Å²) < 4.78 is 10.7. The van der Waals surface area contributed by atoms with Gasteiger partial charge in [0, 0.05) is 45.1 Å². The van der Waals surface area contributed by atoms with E-state index in [9.17, 15) is 4.79 Å². The van der Waals surface area contributed by atoms with E-state index in [1.54, 1.807) is 0 Å². The van der Waals surface area contributed by atoms with Crippen molar-refractivity contribution in [3.05, 3.63) is 29.8 Å². The van der Waals surface area contributed by atoms with Gasteiger partial charge in [0.25, 0.3) is 0 Å². The normalized spacial score (nSPS) is 19.4. The zero-order valence-corrected chi connectivity index (χ0v) is 17.3. The van der Waals surface area contributed by atoms with E-state index in [0.29, 0.717) is 32.6 Å². The lowest BCUT2D eigenvalue weighted by Crippen LogP contribution is -2.46. The molecule has 2 aliphatic rings. The van der Waals surface area contributed by atoms with Crippen LogP contribution in [0.5, 0.6) is 0 Å². The second kappa shape index (κ2) is 11.8. The number of amides is 1. The largest absolute Gasteiger partial charge is 0.381 e. The minimum absolute atomic E-state index is 0. The molecule has 1 aromatic carbocycles. The highest BCUT2D eigenvalue weighted by Gasteiger charge is 2.38. The van der Waals surface area contributed by atoms with Gasteiger partial charge >= 0.3 is 0 Å². The van der Waals surface area contributed by atoms with Crippen LogP contribution in [-0.4, -0.2) is 63.4 Å². The molecule has 2 aliphatic heterocycles. The average molecular weight is 420 g/mol. The summed E-state index contributed by atoms with van der Waals surface area (Å²) in [4.78, 5) is 15.1. The first-order valence-electron chi connectivity index (χ1n) is 9.20. The molecule has 6 nitrogen and oxygen atoms in total. The first-order valence-corrected chi connectivity index (χ1v) is 9.20. The molecule has 0 aromatic heterocycles. The molecule has 0 aliphatic carbocycles. The van der Waals surface area contributed by atoms with E-state index >= 15 is 0 Å². The fraction of sp³-hybridized carbons (Fsp3) is 0.632. The fourth-order valence-electron chi connectivity index (χ4n) is 3.42. The van der Waals surface area contributed by atoms with Crippen molar-refractivity contribution in [3.63, 3.8) is 0 Å². The third-order valence-corrected chi connectivity index (χ3v) is 5.35. The maximum atomic E-state index is 12.7. The van der Waals surface area contributed by atoms with E-state index in [1.165, 1.54) is 5.56 Å². The lowest BCUT2D eigenvalue weighted by molar-refractivity contribution is -0.130. The average Bonchev–Trinajstić information content (AvgIpc) is 2.68. The Morgan fingerprint density at radius 1 is 1.04 bits per heavy atom. The lowest BCUT2D eigenvalue weighted by Gasteiger charge is -2.34. The van der Waals surface area contributed by atoms with Crippen LogP contribution in [0.3, 0.4) is 0 Å². The van der Waals surface area contributed by atoms with Crippen LogP contribution >= 0.6 is 24.8 Å². The third-order valence-electron chi connectivity index (χ3n) is 5.35. The van der Waals surface area contributed by atoms with Gasteiger partial charge in [0.1, 0.15) is 0 Å². The Labute approximate surface area is 174 Å². The lowest BCUT2D eigenvalue weighted by atomic mass is 9.79.